The Kier molecular flexibility index (Phi) is 2.56. The molecule has 0 radical (unpaired) electrons. The van der Waals surface area contributed by atoms with Crippen LogP contribution in [0.2, 0.25) is 0 Å². The van der Waals surface area contributed by atoms with Gasteiger partial charge in [0.25, 0.3) is 0 Å². The van der Waals surface area contributed by atoms with Crippen LogP contribution in [0, 0.1) is 0 Å². The molecule has 0 saturated carbocycles. The van der Waals surface area contributed by atoms with Crippen LogP contribution >= 0.6 is 0 Å². The number of fused-ring (bicyclic) bond motifs is 1. The highest BCUT2D eigenvalue weighted by Crippen LogP contribution is 2.25. The fourth-order valence-corrected chi connectivity index (χ4v) is 1.57. The van der Waals surface area contributed by atoms with E-state index in [1.54, 1.807) is 13.0 Å². The number of ether oxygens (including phenoxy) is 1. The molecule has 0 heterocycles. The molecule has 1 aromatic rings. The average molecular weight is 220 g/mol. The van der Waals surface area contributed by atoms with Gasteiger partial charge in [-0.15, -0.1) is 0 Å². The van der Waals surface area contributed by atoms with Gasteiger partial charge >= 0.3 is 0 Å². The number of Topliss-reactive ketones (excluding diaryl/α,β-unsaturated/α-hetero) is 1. The lowest BCUT2D eigenvalue weighted by Gasteiger charge is -2.12. The Balaban J connectivity index is 2.52. The topological polar surface area (TPSA) is 43.4 Å². The van der Waals surface area contributed by atoms with Crippen LogP contribution in [-0.4, -0.2) is 18.2 Å². The third kappa shape index (κ3) is 1.62. The van der Waals surface area contributed by atoms with Gasteiger partial charge < -0.3 is 4.74 Å². The molecule has 0 spiro atoms. The highest BCUT2D eigenvalue weighted by molar-refractivity contribution is 6.23. The lowest BCUT2D eigenvalue weighted by molar-refractivity contribution is 0.0963. The van der Waals surface area contributed by atoms with E-state index < -0.39 is 17.4 Å². The summed E-state index contributed by atoms with van der Waals surface area (Å²) in [6.07, 6.45) is 0.713. The van der Waals surface area contributed by atoms with Gasteiger partial charge in [0, 0.05) is 17.2 Å². The van der Waals surface area contributed by atoms with Crippen molar-refractivity contribution in [2.45, 2.75) is 6.92 Å². The molecule has 0 bridgehead atoms. The number of ketones is 2. The molecule has 4 heteroatoms. The molecule has 0 fully saturated rings. The van der Waals surface area contributed by atoms with Gasteiger partial charge in [-0.2, -0.15) is 0 Å². The highest BCUT2D eigenvalue weighted by Gasteiger charge is 2.26. The summed E-state index contributed by atoms with van der Waals surface area (Å²) in [6, 6.07) is 4.46. The summed E-state index contributed by atoms with van der Waals surface area (Å²) < 4.78 is 18.3. The van der Waals surface area contributed by atoms with Gasteiger partial charge in [-0.3, -0.25) is 9.59 Å². The molecule has 0 N–H and O–H groups in total. The summed E-state index contributed by atoms with van der Waals surface area (Å²) in [4.78, 5) is 22.9. The average Bonchev–Trinajstić information content (AvgIpc) is 2.26. The first-order chi connectivity index (χ1) is 7.63. The van der Waals surface area contributed by atoms with Crippen LogP contribution in [0.3, 0.4) is 0 Å². The maximum atomic E-state index is 13.1. The maximum absolute atomic E-state index is 13.1. The number of allylic oxidation sites excluding steroid dienone is 2. The van der Waals surface area contributed by atoms with Gasteiger partial charge in [0.1, 0.15) is 5.75 Å². The van der Waals surface area contributed by atoms with Gasteiger partial charge in [-0.25, -0.2) is 4.39 Å². The van der Waals surface area contributed by atoms with Gasteiger partial charge in [0.2, 0.25) is 5.78 Å². The lowest BCUT2D eigenvalue weighted by Crippen LogP contribution is -2.15. The van der Waals surface area contributed by atoms with E-state index in [0.717, 1.165) is 0 Å². The zero-order valence-corrected chi connectivity index (χ0v) is 8.62. The standard InChI is InChI=1S/C12H9FO3/c1-2-16-7-3-4-8-9(5-7)12(15)10(13)6-11(8)14/h3-6H,2H2,1H3. The molecular formula is C12H9FO3. The van der Waals surface area contributed by atoms with Crippen molar-refractivity contribution in [3.8, 4) is 5.75 Å². The minimum atomic E-state index is -1.02. The Morgan fingerprint density at radius 1 is 1.25 bits per heavy atom. The van der Waals surface area contributed by atoms with E-state index in [1.165, 1.54) is 12.1 Å². The van der Waals surface area contributed by atoms with Crippen LogP contribution in [0.5, 0.6) is 5.75 Å². The fourth-order valence-electron chi connectivity index (χ4n) is 1.57. The Labute approximate surface area is 91.5 Å². The maximum Gasteiger partial charge on any atom is 0.222 e. The first-order valence-corrected chi connectivity index (χ1v) is 4.86. The van der Waals surface area contributed by atoms with Gasteiger partial charge in [0.05, 0.1) is 6.61 Å². The van der Waals surface area contributed by atoms with Crippen LogP contribution in [0.1, 0.15) is 27.6 Å². The molecular weight excluding hydrogens is 211 g/mol. The molecule has 82 valence electrons. The third-order valence-electron chi connectivity index (χ3n) is 2.29. The number of hydrogen-bond acceptors (Lipinski definition) is 3. The second-order valence-electron chi connectivity index (χ2n) is 3.33. The van der Waals surface area contributed by atoms with E-state index in [0.29, 0.717) is 18.4 Å². The number of halogens is 1. The largest absolute Gasteiger partial charge is 0.494 e. The summed E-state index contributed by atoms with van der Waals surface area (Å²) >= 11 is 0. The Hall–Kier alpha value is -1.97. The molecule has 16 heavy (non-hydrogen) atoms. The van der Waals surface area contributed by atoms with Crippen molar-refractivity contribution < 1.29 is 18.7 Å². The van der Waals surface area contributed by atoms with Crippen LogP contribution in [0.25, 0.3) is 0 Å². The number of hydrogen-bond donors (Lipinski definition) is 0. The van der Waals surface area contributed by atoms with Crippen LogP contribution < -0.4 is 4.74 Å². The second-order valence-corrected chi connectivity index (χ2v) is 3.33. The summed E-state index contributed by atoms with van der Waals surface area (Å²) in [5.74, 6) is -1.82. The Bertz CT molecular complexity index is 503. The van der Waals surface area contributed by atoms with Crippen LogP contribution in [0.15, 0.2) is 30.1 Å². The SMILES string of the molecule is CCOc1ccc2c(c1)C(=O)C(F)=CC2=O. The minimum absolute atomic E-state index is 0.0657. The predicted octanol–water partition coefficient (Wildman–Crippen LogP) is 2.32. The van der Waals surface area contributed by atoms with E-state index in [2.05, 4.69) is 0 Å². The summed E-state index contributed by atoms with van der Waals surface area (Å²) in [6.45, 7) is 2.24. The Morgan fingerprint density at radius 3 is 2.69 bits per heavy atom. The molecule has 3 nitrogen and oxygen atoms in total. The molecule has 0 amide bonds. The van der Waals surface area contributed by atoms with Crippen molar-refractivity contribution in [2.24, 2.45) is 0 Å². The zero-order valence-electron chi connectivity index (χ0n) is 8.62. The smallest absolute Gasteiger partial charge is 0.222 e. The molecule has 0 aromatic heterocycles. The van der Waals surface area contributed by atoms with Crippen molar-refractivity contribution >= 4 is 11.6 Å². The van der Waals surface area contributed by atoms with Crippen molar-refractivity contribution in [3.63, 3.8) is 0 Å². The van der Waals surface area contributed by atoms with Crippen molar-refractivity contribution in [2.75, 3.05) is 6.61 Å². The molecule has 0 saturated heterocycles. The van der Waals surface area contributed by atoms with Crippen LogP contribution in [0.4, 0.5) is 4.39 Å². The molecule has 0 atom stereocenters. The van der Waals surface area contributed by atoms with E-state index in [-0.39, 0.29) is 11.1 Å². The molecule has 1 aliphatic carbocycles. The molecule has 2 rings (SSSR count). The molecule has 1 aromatic carbocycles. The normalized spacial score (nSPS) is 14.5. The predicted molar refractivity (Wildman–Crippen MR) is 55.5 cm³/mol. The third-order valence-corrected chi connectivity index (χ3v) is 2.29. The van der Waals surface area contributed by atoms with Gasteiger partial charge in [0.15, 0.2) is 11.6 Å². The van der Waals surface area contributed by atoms with Gasteiger partial charge in [-0.1, -0.05) is 0 Å². The number of benzene rings is 1. The van der Waals surface area contributed by atoms with Crippen molar-refractivity contribution in [1.29, 1.82) is 0 Å². The molecule has 0 aliphatic heterocycles. The van der Waals surface area contributed by atoms with E-state index >= 15 is 0 Å². The van der Waals surface area contributed by atoms with E-state index in [4.69, 9.17) is 4.74 Å². The highest BCUT2D eigenvalue weighted by atomic mass is 19.1. The first-order valence-electron chi connectivity index (χ1n) is 4.86. The monoisotopic (exact) mass is 220 g/mol. The number of rotatable bonds is 2. The first kappa shape index (κ1) is 10.5. The summed E-state index contributed by atoms with van der Waals surface area (Å²) in [5.41, 5.74) is 0.283. The fraction of sp³-hybridized carbons (Fsp3) is 0.167. The van der Waals surface area contributed by atoms with Crippen molar-refractivity contribution in [1.82, 2.24) is 0 Å². The second kappa shape index (κ2) is 3.89. The van der Waals surface area contributed by atoms with Crippen molar-refractivity contribution in [3.05, 3.63) is 41.2 Å². The lowest BCUT2D eigenvalue weighted by atomic mass is 9.94. The minimum Gasteiger partial charge on any atom is -0.494 e. The van der Waals surface area contributed by atoms with E-state index in [1.807, 2.05) is 0 Å². The van der Waals surface area contributed by atoms with Gasteiger partial charge in [-0.05, 0) is 25.1 Å². The number of carbonyl (C=O) groups is 2. The van der Waals surface area contributed by atoms with E-state index in [9.17, 15) is 14.0 Å². The summed E-state index contributed by atoms with van der Waals surface area (Å²) in [7, 11) is 0. The molecule has 1 aliphatic rings. The molecule has 0 unspecified atom stereocenters. The quantitative estimate of drug-likeness (QED) is 0.768. The summed E-state index contributed by atoms with van der Waals surface area (Å²) in [5, 5.41) is 0. The zero-order chi connectivity index (χ0) is 11.7. The number of carbonyl (C=O) groups excluding carboxylic acids is 2. The Morgan fingerprint density at radius 2 is 2.00 bits per heavy atom. The van der Waals surface area contributed by atoms with Crippen LogP contribution in [-0.2, 0) is 0 Å².